The largest absolute Gasteiger partial charge is 0.459 e. The van der Waals surface area contributed by atoms with E-state index in [4.69, 9.17) is 4.42 Å². The first-order valence-corrected chi connectivity index (χ1v) is 8.57. The molecule has 0 spiro atoms. The van der Waals surface area contributed by atoms with Crippen LogP contribution in [-0.4, -0.2) is 24.8 Å². The highest BCUT2D eigenvalue weighted by Crippen LogP contribution is 2.20. The predicted molar refractivity (Wildman–Crippen MR) is 106 cm³/mol. The highest BCUT2D eigenvalue weighted by molar-refractivity contribution is 6.07. The van der Waals surface area contributed by atoms with Crippen LogP contribution < -0.4 is 16.0 Å². The van der Waals surface area contributed by atoms with E-state index in [9.17, 15) is 14.4 Å². The molecular formula is C21H19N3O4. The van der Waals surface area contributed by atoms with Gasteiger partial charge in [0, 0.05) is 29.5 Å². The molecule has 0 bridgehead atoms. The van der Waals surface area contributed by atoms with Crippen LogP contribution in [0.2, 0.25) is 0 Å². The second kappa shape index (κ2) is 8.22. The Balaban J connectivity index is 1.77. The first-order valence-electron chi connectivity index (χ1n) is 8.57. The Kier molecular flexibility index (Phi) is 5.55. The van der Waals surface area contributed by atoms with Crippen LogP contribution in [-0.2, 0) is 0 Å². The lowest BCUT2D eigenvalue weighted by Gasteiger charge is -2.11. The van der Waals surface area contributed by atoms with Crippen LogP contribution in [0.5, 0.6) is 0 Å². The average molecular weight is 377 g/mol. The lowest BCUT2D eigenvalue weighted by Crippen LogP contribution is -2.18. The Labute approximate surface area is 161 Å². The lowest BCUT2D eigenvalue weighted by molar-refractivity contribution is 0.0960. The van der Waals surface area contributed by atoms with E-state index in [1.165, 1.54) is 6.26 Å². The predicted octanol–water partition coefficient (Wildman–Crippen LogP) is 3.45. The molecule has 0 aliphatic heterocycles. The highest BCUT2D eigenvalue weighted by atomic mass is 16.3. The minimum absolute atomic E-state index is 0.181. The molecule has 28 heavy (non-hydrogen) atoms. The molecule has 3 rings (SSSR count). The van der Waals surface area contributed by atoms with Crippen molar-refractivity contribution in [2.45, 2.75) is 6.92 Å². The molecule has 142 valence electrons. The van der Waals surface area contributed by atoms with Crippen LogP contribution in [0.1, 0.15) is 36.8 Å². The van der Waals surface area contributed by atoms with E-state index >= 15 is 0 Å². The zero-order valence-corrected chi connectivity index (χ0v) is 15.4. The Morgan fingerprint density at radius 1 is 0.821 bits per heavy atom. The van der Waals surface area contributed by atoms with E-state index in [0.29, 0.717) is 22.5 Å². The van der Waals surface area contributed by atoms with Gasteiger partial charge in [0.15, 0.2) is 5.76 Å². The summed E-state index contributed by atoms with van der Waals surface area (Å²) in [6.45, 7) is 1.83. The maximum atomic E-state index is 12.6. The van der Waals surface area contributed by atoms with E-state index < -0.39 is 5.91 Å². The third-order valence-electron chi connectivity index (χ3n) is 4.10. The summed E-state index contributed by atoms with van der Waals surface area (Å²) in [5, 5.41) is 8.03. The molecule has 3 aromatic rings. The van der Waals surface area contributed by atoms with Crippen molar-refractivity contribution in [2.24, 2.45) is 0 Å². The molecule has 3 amide bonds. The van der Waals surface area contributed by atoms with Crippen molar-refractivity contribution in [1.82, 2.24) is 5.32 Å². The zero-order chi connectivity index (χ0) is 20.1. The minimum atomic E-state index is -0.399. The van der Waals surface area contributed by atoms with Gasteiger partial charge in [-0.1, -0.05) is 12.1 Å². The van der Waals surface area contributed by atoms with Gasteiger partial charge in [0.1, 0.15) is 0 Å². The maximum Gasteiger partial charge on any atom is 0.291 e. The Bertz CT molecular complexity index is 1030. The van der Waals surface area contributed by atoms with Gasteiger partial charge in [0.05, 0.1) is 6.26 Å². The monoisotopic (exact) mass is 377 g/mol. The van der Waals surface area contributed by atoms with Gasteiger partial charge in [0.2, 0.25) is 0 Å². The van der Waals surface area contributed by atoms with Crippen LogP contribution in [0.15, 0.2) is 65.3 Å². The molecule has 0 fully saturated rings. The summed E-state index contributed by atoms with van der Waals surface area (Å²) in [6.07, 6.45) is 1.42. The van der Waals surface area contributed by atoms with Crippen molar-refractivity contribution >= 4 is 29.1 Å². The van der Waals surface area contributed by atoms with Gasteiger partial charge in [-0.3, -0.25) is 14.4 Å². The van der Waals surface area contributed by atoms with Crippen LogP contribution in [0, 0.1) is 6.92 Å². The summed E-state index contributed by atoms with van der Waals surface area (Å²) in [5.41, 5.74) is 2.61. The third kappa shape index (κ3) is 4.27. The fourth-order valence-electron chi connectivity index (χ4n) is 2.58. The molecule has 1 heterocycles. The van der Waals surface area contributed by atoms with Gasteiger partial charge in [-0.15, -0.1) is 0 Å². The van der Waals surface area contributed by atoms with E-state index in [2.05, 4.69) is 16.0 Å². The summed E-state index contributed by atoms with van der Waals surface area (Å²) >= 11 is 0. The fourth-order valence-corrected chi connectivity index (χ4v) is 2.58. The normalized spacial score (nSPS) is 10.2. The number of carbonyl (C=O) groups excluding carboxylic acids is 3. The second-order valence-electron chi connectivity index (χ2n) is 6.08. The van der Waals surface area contributed by atoms with Crippen LogP contribution in [0.25, 0.3) is 0 Å². The van der Waals surface area contributed by atoms with Gasteiger partial charge in [-0.25, -0.2) is 0 Å². The number of hydrogen-bond acceptors (Lipinski definition) is 4. The minimum Gasteiger partial charge on any atom is -0.459 e. The van der Waals surface area contributed by atoms with E-state index in [1.807, 2.05) is 6.92 Å². The number of rotatable bonds is 5. The van der Waals surface area contributed by atoms with Crippen molar-refractivity contribution in [3.05, 3.63) is 83.3 Å². The maximum absolute atomic E-state index is 12.6. The van der Waals surface area contributed by atoms with Crippen LogP contribution >= 0.6 is 0 Å². The summed E-state index contributed by atoms with van der Waals surface area (Å²) in [4.78, 5) is 36.5. The van der Waals surface area contributed by atoms with Crippen molar-refractivity contribution < 1.29 is 18.8 Å². The molecule has 0 saturated heterocycles. The first kappa shape index (κ1) is 18.9. The zero-order valence-electron chi connectivity index (χ0n) is 15.4. The highest BCUT2D eigenvalue weighted by Gasteiger charge is 2.14. The Morgan fingerprint density at radius 2 is 1.61 bits per heavy atom. The molecule has 0 aliphatic carbocycles. The van der Waals surface area contributed by atoms with Gasteiger partial charge in [0.25, 0.3) is 17.7 Å². The molecule has 2 aromatic carbocycles. The quantitative estimate of drug-likeness (QED) is 0.634. The molecule has 3 N–H and O–H groups in total. The fraction of sp³-hybridized carbons (Fsp3) is 0.0952. The number of anilines is 2. The van der Waals surface area contributed by atoms with Gasteiger partial charge >= 0.3 is 0 Å². The van der Waals surface area contributed by atoms with Gasteiger partial charge in [-0.2, -0.15) is 0 Å². The smallest absolute Gasteiger partial charge is 0.291 e. The van der Waals surface area contributed by atoms with Crippen molar-refractivity contribution in [2.75, 3.05) is 17.7 Å². The topological polar surface area (TPSA) is 100 Å². The number of aryl methyl sites for hydroxylation is 1. The van der Waals surface area contributed by atoms with Crippen LogP contribution in [0.3, 0.4) is 0 Å². The average Bonchev–Trinajstić information content (AvgIpc) is 3.24. The number of carbonyl (C=O) groups is 3. The van der Waals surface area contributed by atoms with Crippen molar-refractivity contribution in [3.63, 3.8) is 0 Å². The summed E-state index contributed by atoms with van der Waals surface area (Å²) < 4.78 is 5.08. The molecule has 7 nitrogen and oxygen atoms in total. The molecular weight excluding hydrogens is 358 g/mol. The lowest BCUT2D eigenvalue weighted by atomic mass is 10.1. The molecule has 0 atom stereocenters. The molecule has 7 heteroatoms. The molecule has 0 saturated carbocycles. The third-order valence-corrected chi connectivity index (χ3v) is 4.10. The molecule has 0 unspecified atom stereocenters. The van der Waals surface area contributed by atoms with E-state index in [1.54, 1.807) is 61.6 Å². The van der Waals surface area contributed by atoms with Crippen molar-refractivity contribution in [3.8, 4) is 0 Å². The number of amides is 3. The second-order valence-corrected chi connectivity index (χ2v) is 6.08. The molecule has 0 radical (unpaired) electrons. The van der Waals surface area contributed by atoms with Gasteiger partial charge in [-0.05, 0) is 55.0 Å². The number of hydrogen-bond donors (Lipinski definition) is 3. The first-order chi connectivity index (χ1) is 13.5. The van der Waals surface area contributed by atoms with E-state index in [-0.39, 0.29) is 17.6 Å². The number of benzene rings is 2. The summed E-state index contributed by atoms with van der Waals surface area (Å²) in [6, 6.07) is 14.8. The Hall–Kier alpha value is -3.87. The summed E-state index contributed by atoms with van der Waals surface area (Å²) in [5.74, 6) is -0.818. The molecule has 1 aromatic heterocycles. The standard InChI is InChI=1S/C21H19N3O4/c1-13-8-9-15(12-17(13)24-21(27)18-7-4-10-28-18)20(26)23-16-6-3-5-14(11-16)19(25)22-2/h3-12H,1-2H3,(H,22,25)(H,23,26)(H,24,27). The number of furan rings is 1. The molecule has 0 aliphatic rings. The number of nitrogens with one attached hydrogen (secondary N) is 3. The van der Waals surface area contributed by atoms with Crippen molar-refractivity contribution in [1.29, 1.82) is 0 Å². The van der Waals surface area contributed by atoms with Gasteiger partial charge < -0.3 is 20.4 Å². The summed E-state index contributed by atoms with van der Waals surface area (Å²) in [7, 11) is 1.54. The van der Waals surface area contributed by atoms with E-state index in [0.717, 1.165) is 5.56 Å². The van der Waals surface area contributed by atoms with Crippen LogP contribution in [0.4, 0.5) is 11.4 Å². The SMILES string of the molecule is CNC(=O)c1cccc(NC(=O)c2ccc(C)c(NC(=O)c3ccco3)c2)c1. The Morgan fingerprint density at radius 3 is 2.32 bits per heavy atom.